The molecule has 3 amide bonds. The minimum atomic E-state index is -0.133. The zero-order chi connectivity index (χ0) is 19.6. The third kappa shape index (κ3) is 7.29. The van der Waals surface area contributed by atoms with Crippen molar-refractivity contribution in [3.63, 3.8) is 0 Å². The fourth-order valence-corrected chi connectivity index (χ4v) is 3.52. The van der Waals surface area contributed by atoms with Crippen LogP contribution < -0.4 is 15.4 Å². The predicted molar refractivity (Wildman–Crippen MR) is 107 cm³/mol. The Bertz CT molecular complexity index is 633. The molecule has 150 valence electrons. The number of carbonyl (C=O) groups excluding carboxylic acids is 2. The molecule has 1 aromatic carbocycles. The number of benzene rings is 1. The van der Waals surface area contributed by atoms with Crippen molar-refractivity contribution in [2.45, 2.75) is 57.5 Å². The Labute approximate surface area is 166 Å². The summed E-state index contributed by atoms with van der Waals surface area (Å²) in [5.74, 6) is 0.728. The predicted octanol–water partition coefficient (Wildman–Crippen LogP) is 3.72. The molecular weight excluding hydrogens is 366 g/mol. The first-order valence-corrected chi connectivity index (χ1v) is 9.98. The van der Waals surface area contributed by atoms with Gasteiger partial charge < -0.3 is 20.3 Å². The van der Waals surface area contributed by atoms with Crippen molar-refractivity contribution in [1.29, 1.82) is 0 Å². The number of hydrogen-bond acceptors (Lipinski definition) is 3. The van der Waals surface area contributed by atoms with E-state index in [0.29, 0.717) is 42.7 Å². The fraction of sp³-hybridized carbons (Fsp3) is 0.600. The smallest absolute Gasteiger partial charge is 0.315 e. The molecule has 0 spiro atoms. The van der Waals surface area contributed by atoms with Crippen LogP contribution >= 0.6 is 11.6 Å². The van der Waals surface area contributed by atoms with E-state index in [-0.39, 0.29) is 11.9 Å². The molecule has 0 saturated heterocycles. The molecule has 1 aliphatic rings. The standard InChI is InChI=1S/C20H30ClN3O3/c1-24(14-15-13-16(21)10-11-18(15)27-2)19(25)9-6-12-22-20(26)23-17-7-4-3-5-8-17/h10-11,13,17H,3-9,12,14H2,1-2H3,(H2,22,23,26). The second kappa shape index (κ2) is 11.0. The molecule has 2 rings (SSSR count). The molecule has 0 bridgehead atoms. The summed E-state index contributed by atoms with van der Waals surface area (Å²) in [6.45, 7) is 0.913. The van der Waals surface area contributed by atoms with Crippen LogP contribution in [-0.4, -0.2) is 43.6 Å². The zero-order valence-corrected chi connectivity index (χ0v) is 17.0. The molecule has 0 aromatic heterocycles. The topological polar surface area (TPSA) is 70.7 Å². The minimum Gasteiger partial charge on any atom is -0.496 e. The highest BCUT2D eigenvalue weighted by Gasteiger charge is 2.16. The molecule has 0 aliphatic heterocycles. The van der Waals surface area contributed by atoms with Gasteiger partial charge in [-0.05, 0) is 37.5 Å². The lowest BCUT2D eigenvalue weighted by Gasteiger charge is -2.23. The van der Waals surface area contributed by atoms with Crippen LogP contribution in [0.4, 0.5) is 4.79 Å². The van der Waals surface area contributed by atoms with Crippen molar-refractivity contribution in [3.05, 3.63) is 28.8 Å². The lowest BCUT2D eigenvalue weighted by molar-refractivity contribution is -0.130. The molecule has 0 radical (unpaired) electrons. The van der Waals surface area contributed by atoms with E-state index >= 15 is 0 Å². The SMILES string of the molecule is COc1ccc(Cl)cc1CN(C)C(=O)CCCNC(=O)NC1CCCCC1. The van der Waals surface area contributed by atoms with Crippen LogP contribution in [0, 0.1) is 0 Å². The minimum absolute atomic E-state index is 0.0199. The first kappa shape index (κ1) is 21.4. The largest absolute Gasteiger partial charge is 0.496 e. The highest BCUT2D eigenvalue weighted by Crippen LogP contribution is 2.24. The Morgan fingerprint density at radius 2 is 2.00 bits per heavy atom. The van der Waals surface area contributed by atoms with Crippen molar-refractivity contribution in [2.75, 3.05) is 20.7 Å². The Morgan fingerprint density at radius 3 is 2.70 bits per heavy atom. The number of nitrogens with zero attached hydrogens (tertiary/aromatic N) is 1. The maximum absolute atomic E-state index is 12.3. The number of carbonyl (C=O) groups is 2. The van der Waals surface area contributed by atoms with E-state index in [4.69, 9.17) is 16.3 Å². The van der Waals surface area contributed by atoms with Crippen LogP contribution in [-0.2, 0) is 11.3 Å². The van der Waals surface area contributed by atoms with Crippen molar-refractivity contribution >= 4 is 23.5 Å². The zero-order valence-electron chi connectivity index (χ0n) is 16.2. The van der Waals surface area contributed by atoms with E-state index in [1.165, 1.54) is 19.3 Å². The molecule has 1 aromatic rings. The Morgan fingerprint density at radius 1 is 1.26 bits per heavy atom. The van der Waals surface area contributed by atoms with Crippen LogP contribution in [0.25, 0.3) is 0 Å². The molecule has 6 nitrogen and oxygen atoms in total. The first-order valence-electron chi connectivity index (χ1n) is 9.60. The summed E-state index contributed by atoms with van der Waals surface area (Å²) in [4.78, 5) is 25.9. The number of amides is 3. The molecule has 0 heterocycles. The summed E-state index contributed by atoms with van der Waals surface area (Å²) >= 11 is 6.03. The second-order valence-electron chi connectivity index (χ2n) is 7.04. The van der Waals surface area contributed by atoms with Crippen molar-refractivity contribution in [1.82, 2.24) is 15.5 Å². The average Bonchev–Trinajstić information content (AvgIpc) is 2.66. The van der Waals surface area contributed by atoms with E-state index in [0.717, 1.165) is 18.4 Å². The molecule has 27 heavy (non-hydrogen) atoms. The van der Waals surface area contributed by atoms with Gasteiger partial charge in [-0.1, -0.05) is 30.9 Å². The lowest BCUT2D eigenvalue weighted by Crippen LogP contribution is -2.43. The van der Waals surface area contributed by atoms with Crippen LogP contribution in [0.5, 0.6) is 5.75 Å². The molecular formula is C20H30ClN3O3. The maximum atomic E-state index is 12.3. The molecule has 1 saturated carbocycles. The van der Waals surface area contributed by atoms with Gasteiger partial charge >= 0.3 is 6.03 Å². The van der Waals surface area contributed by atoms with Gasteiger partial charge in [-0.25, -0.2) is 4.79 Å². The van der Waals surface area contributed by atoms with Gasteiger partial charge in [-0.2, -0.15) is 0 Å². The quantitative estimate of drug-likeness (QED) is 0.659. The molecule has 0 unspecified atom stereocenters. The van der Waals surface area contributed by atoms with Gasteiger partial charge in [-0.15, -0.1) is 0 Å². The van der Waals surface area contributed by atoms with E-state index in [1.807, 2.05) is 0 Å². The monoisotopic (exact) mass is 395 g/mol. The van der Waals surface area contributed by atoms with Gasteiger partial charge in [0.2, 0.25) is 5.91 Å². The lowest BCUT2D eigenvalue weighted by atomic mass is 9.96. The Hall–Kier alpha value is -1.95. The number of ether oxygens (including phenoxy) is 1. The van der Waals surface area contributed by atoms with Gasteiger partial charge in [0.15, 0.2) is 0 Å². The normalized spacial score (nSPS) is 14.5. The highest BCUT2D eigenvalue weighted by atomic mass is 35.5. The van der Waals surface area contributed by atoms with Gasteiger partial charge in [0.25, 0.3) is 0 Å². The number of methoxy groups -OCH3 is 1. The van der Waals surface area contributed by atoms with Crippen LogP contribution in [0.15, 0.2) is 18.2 Å². The number of urea groups is 1. The van der Waals surface area contributed by atoms with Gasteiger partial charge in [0.1, 0.15) is 5.75 Å². The van der Waals surface area contributed by atoms with Crippen molar-refractivity contribution < 1.29 is 14.3 Å². The van der Waals surface area contributed by atoms with Gasteiger partial charge in [0, 0.05) is 43.2 Å². The summed E-state index contributed by atoms with van der Waals surface area (Å²) in [6, 6.07) is 5.52. The average molecular weight is 396 g/mol. The van der Waals surface area contributed by atoms with Gasteiger partial charge in [-0.3, -0.25) is 4.79 Å². The van der Waals surface area contributed by atoms with Crippen LogP contribution in [0.2, 0.25) is 5.02 Å². The third-order valence-electron chi connectivity index (χ3n) is 4.87. The molecule has 7 heteroatoms. The highest BCUT2D eigenvalue weighted by molar-refractivity contribution is 6.30. The van der Waals surface area contributed by atoms with E-state index in [9.17, 15) is 9.59 Å². The molecule has 2 N–H and O–H groups in total. The summed E-state index contributed by atoms with van der Waals surface area (Å²) in [5, 5.41) is 6.46. The summed E-state index contributed by atoms with van der Waals surface area (Å²) in [5.41, 5.74) is 0.867. The number of nitrogens with one attached hydrogen (secondary N) is 2. The second-order valence-corrected chi connectivity index (χ2v) is 7.48. The van der Waals surface area contributed by atoms with E-state index in [2.05, 4.69) is 10.6 Å². The van der Waals surface area contributed by atoms with Crippen LogP contribution in [0.1, 0.15) is 50.5 Å². The fourth-order valence-electron chi connectivity index (χ4n) is 3.33. The number of hydrogen-bond donors (Lipinski definition) is 2. The summed E-state index contributed by atoms with van der Waals surface area (Å²) < 4.78 is 5.32. The molecule has 1 fully saturated rings. The van der Waals surface area contributed by atoms with Crippen molar-refractivity contribution in [2.24, 2.45) is 0 Å². The summed E-state index contributed by atoms with van der Waals surface area (Å²) in [6.07, 6.45) is 6.73. The van der Waals surface area contributed by atoms with Gasteiger partial charge in [0.05, 0.1) is 7.11 Å². The van der Waals surface area contributed by atoms with E-state index in [1.54, 1.807) is 37.3 Å². The molecule has 1 aliphatic carbocycles. The third-order valence-corrected chi connectivity index (χ3v) is 5.10. The molecule has 0 atom stereocenters. The Balaban J connectivity index is 1.67. The van der Waals surface area contributed by atoms with E-state index < -0.39 is 0 Å². The van der Waals surface area contributed by atoms with Crippen LogP contribution in [0.3, 0.4) is 0 Å². The van der Waals surface area contributed by atoms with Crippen molar-refractivity contribution in [3.8, 4) is 5.75 Å². The maximum Gasteiger partial charge on any atom is 0.315 e. The first-order chi connectivity index (χ1) is 13.0. The number of halogens is 1. The number of rotatable bonds is 8. The summed E-state index contributed by atoms with van der Waals surface area (Å²) in [7, 11) is 3.35. The Kier molecular flexibility index (Phi) is 8.72.